The van der Waals surface area contributed by atoms with Crippen LogP contribution in [0, 0.1) is 29.6 Å². The quantitative estimate of drug-likeness (QED) is 0.569. The van der Waals surface area contributed by atoms with Gasteiger partial charge in [0.25, 0.3) is 0 Å². The van der Waals surface area contributed by atoms with E-state index in [2.05, 4.69) is 32.4 Å². The van der Waals surface area contributed by atoms with Crippen LogP contribution < -0.4 is 5.32 Å². The van der Waals surface area contributed by atoms with E-state index < -0.39 is 0 Å². The lowest BCUT2D eigenvalue weighted by Gasteiger charge is -2.16. The smallest absolute Gasteiger partial charge is 0.103 e. The molecule has 0 amide bonds. The number of nitriles is 2. The SMILES string of the molecule is Cc1c(Nc2c(C#N)cncc2-c2ccncc2C#N)ccc2[nH]ccc12. The maximum Gasteiger partial charge on any atom is 0.103 e. The predicted molar refractivity (Wildman–Crippen MR) is 103 cm³/mol. The normalized spacial score (nSPS) is 10.3. The third kappa shape index (κ3) is 2.76. The van der Waals surface area contributed by atoms with E-state index in [0.717, 1.165) is 22.2 Å². The van der Waals surface area contributed by atoms with E-state index in [1.165, 1.54) is 12.4 Å². The number of anilines is 2. The molecule has 0 bridgehead atoms. The molecule has 27 heavy (non-hydrogen) atoms. The van der Waals surface area contributed by atoms with Crippen LogP contribution in [0.15, 0.2) is 55.2 Å². The summed E-state index contributed by atoms with van der Waals surface area (Å²) in [7, 11) is 0. The standard InChI is InChI=1S/C21H14N6/c1-13-16-5-7-26-20(16)3-2-19(13)27-21-15(9-23)11-25-12-18(21)17-4-6-24-10-14(17)8-22/h2-7,10-12,26H,1H3,(H,25,27). The Morgan fingerprint density at radius 3 is 2.56 bits per heavy atom. The van der Waals surface area contributed by atoms with Crippen molar-refractivity contribution < 1.29 is 0 Å². The molecule has 6 heteroatoms. The molecule has 4 rings (SSSR count). The minimum atomic E-state index is 0.404. The van der Waals surface area contributed by atoms with E-state index in [1.54, 1.807) is 18.5 Å². The minimum absolute atomic E-state index is 0.404. The van der Waals surface area contributed by atoms with Gasteiger partial charge in [-0.25, -0.2) is 0 Å². The Hall–Kier alpha value is -4.16. The maximum absolute atomic E-state index is 9.59. The third-order valence-corrected chi connectivity index (χ3v) is 4.56. The van der Waals surface area contributed by atoms with Gasteiger partial charge in [-0.05, 0) is 36.8 Å². The molecule has 1 aromatic carbocycles. The Bertz CT molecular complexity index is 1240. The summed E-state index contributed by atoms with van der Waals surface area (Å²) in [5, 5.41) is 23.5. The summed E-state index contributed by atoms with van der Waals surface area (Å²) >= 11 is 0. The summed E-state index contributed by atoms with van der Waals surface area (Å²) in [5.74, 6) is 0. The Balaban J connectivity index is 1.91. The molecule has 3 heterocycles. The van der Waals surface area contributed by atoms with Crippen LogP contribution in [0.2, 0.25) is 0 Å². The number of aromatic amines is 1. The van der Waals surface area contributed by atoms with Crippen LogP contribution in [0.3, 0.4) is 0 Å². The number of rotatable bonds is 3. The van der Waals surface area contributed by atoms with Crippen LogP contribution in [0.25, 0.3) is 22.0 Å². The molecule has 0 fully saturated rings. The molecule has 0 aliphatic heterocycles. The fourth-order valence-electron chi connectivity index (χ4n) is 3.16. The van der Waals surface area contributed by atoms with Crippen LogP contribution in [-0.4, -0.2) is 15.0 Å². The molecule has 0 radical (unpaired) electrons. The van der Waals surface area contributed by atoms with E-state index in [4.69, 9.17) is 0 Å². The summed E-state index contributed by atoms with van der Waals surface area (Å²) in [4.78, 5) is 11.4. The van der Waals surface area contributed by atoms with Crippen molar-refractivity contribution in [1.29, 1.82) is 10.5 Å². The second-order valence-electron chi connectivity index (χ2n) is 6.06. The lowest BCUT2D eigenvalue weighted by atomic mass is 9.99. The lowest BCUT2D eigenvalue weighted by Crippen LogP contribution is -2.01. The van der Waals surface area contributed by atoms with Crippen molar-refractivity contribution in [2.24, 2.45) is 0 Å². The summed E-state index contributed by atoms with van der Waals surface area (Å²) in [6.45, 7) is 2.03. The van der Waals surface area contributed by atoms with Gasteiger partial charge in [-0.1, -0.05) is 0 Å². The number of hydrogen-bond acceptors (Lipinski definition) is 5. The number of aryl methyl sites for hydroxylation is 1. The molecule has 0 saturated carbocycles. The molecule has 0 atom stereocenters. The highest BCUT2D eigenvalue weighted by Crippen LogP contribution is 2.35. The highest BCUT2D eigenvalue weighted by Gasteiger charge is 2.16. The van der Waals surface area contributed by atoms with E-state index in [1.807, 2.05) is 31.3 Å². The molecule has 0 aliphatic rings. The number of nitrogens with one attached hydrogen (secondary N) is 2. The second-order valence-corrected chi connectivity index (χ2v) is 6.06. The van der Waals surface area contributed by atoms with Crippen molar-refractivity contribution in [3.8, 4) is 23.3 Å². The van der Waals surface area contributed by atoms with Crippen molar-refractivity contribution in [3.63, 3.8) is 0 Å². The zero-order valence-corrected chi connectivity index (χ0v) is 14.5. The Morgan fingerprint density at radius 1 is 0.926 bits per heavy atom. The largest absolute Gasteiger partial charge is 0.361 e. The van der Waals surface area contributed by atoms with Gasteiger partial charge in [0.2, 0.25) is 0 Å². The molecule has 128 valence electrons. The highest BCUT2D eigenvalue weighted by molar-refractivity contribution is 5.92. The van der Waals surface area contributed by atoms with E-state index in [-0.39, 0.29) is 0 Å². The summed E-state index contributed by atoms with van der Waals surface area (Å²) in [6, 6.07) is 12.1. The molecular weight excluding hydrogens is 336 g/mol. The second kappa shape index (κ2) is 6.62. The van der Waals surface area contributed by atoms with Gasteiger partial charge in [0.15, 0.2) is 0 Å². The van der Waals surface area contributed by atoms with Crippen molar-refractivity contribution in [1.82, 2.24) is 15.0 Å². The highest BCUT2D eigenvalue weighted by atomic mass is 14.9. The molecule has 0 unspecified atom stereocenters. The fraction of sp³-hybridized carbons (Fsp3) is 0.0476. The number of hydrogen-bond donors (Lipinski definition) is 2. The van der Waals surface area contributed by atoms with Gasteiger partial charge in [0, 0.05) is 58.7 Å². The first kappa shape index (κ1) is 16.3. The molecule has 0 aliphatic carbocycles. The number of pyridine rings is 2. The average Bonchev–Trinajstić information content (AvgIpc) is 3.20. The summed E-state index contributed by atoms with van der Waals surface area (Å²) in [5.41, 5.74) is 5.82. The Kier molecular flexibility index (Phi) is 4.00. The van der Waals surface area contributed by atoms with Gasteiger partial charge in [0.05, 0.1) is 16.8 Å². The van der Waals surface area contributed by atoms with E-state index >= 15 is 0 Å². The Labute approximate surface area is 155 Å². The van der Waals surface area contributed by atoms with E-state index in [0.29, 0.717) is 27.9 Å². The molecular formula is C21H14N6. The molecule has 0 saturated heterocycles. The zero-order chi connectivity index (χ0) is 18.8. The minimum Gasteiger partial charge on any atom is -0.361 e. The van der Waals surface area contributed by atoms with Crippen molar-refractivity contribution >= 4 is 22.3 Å². The number of fused-ring (bicyclic) bond motifs is 1. The third-order valence-electron chi connectivity index (χ3n) is 4.56. The maximum atomic E-state index is 9.59. The van der Waals surface area contributed by atoms with Gasteiger partial charge < -0.3 is 10.3 Å². The fourth-order valence-corrected chi connectivity index (χ4v) is 3.16. The molecule has 3 aromatic heterocycles. The monoisotopic (exact) mass is 350 g/mol. The van der Waals surface area contributed by atoms with Gasteiger partial charge in [-0.2, -0.15) is 10.5 Å². The summed E-state index contributed by atoms with van der Waals surface area (Å²) in [6.07, 6.45) is 8.20. The first-order chi connectivity index (χ1) is 13.2. The zero-order valence-electron chi connectivity index (χ0n) is 14.5. The van der Waals surface area contributed by atoms with Gasteiger partial charge in [-0.3, -0.25) is 9.97 Å². The number of H-pyrrole nitrogens is 1. The summed E-state index contributed by atoms with van der Waals surface area (Å²) < 4.78 is 0. The molecule has 0 spiro atoms. The van der Waals surface area contributed by atoms with Crippen molar-refractivity contribution in [3.05, 3.63) is 71.9 Å². The van der Waals surface area contributed by atoms with Crippen LogP contribution >= 0.6 is 0 Å². The topological polar surface area (TPSA) is 101 Å². The first-order valence-corrected chi connectivity index (χ1v) is 8.29. The molecule has 6 nitrogen and oxygen atoms in total. The number of nitrogens with zero attached hydrogens (tertiary/aromatic N) is 4. The Morgan fingerprint density at radius 2 is 1.74 bits per heavy atom. The van der Waals surface area contributed by atoms with Gasteiger partial charge in [0.1, 0.15) is 12.1 Å². The number of benzene rings is 1. The van der Waals surface area contributed by atoms with E-state index in [9.17, 15) is 10.5 Å². The van der Waals surface area contributed by atoms with Crippen LogP contribution in [0.4, 0.5) is 11.4 Å². The molecule has 4 aromatic rings. The van der Waals surface area contributed by atoms with Gasteiger partial charge >= 0.3 is 0 Å². The predicted octanol–water partition coefficient (Wildman–Crippen LogP) is 4.42. The van der Waals surface area contributed by atoms with Crippen molar-refractivity contribution in [2.75, 3.05) is 5.32 Å². The van der Waals surface area contributed by atoms with Crippen molar-refractivity contribution in [2.45, 2.75) is 6.92 Å². The van der Waals surface area contributed by atoms with Gasteiger partial charge in [-0.15, -0.1) is 0 Å². The molecule has 2 N–H and O–H groups in total. The van der Waals surface area contributed by atoms with Crippen LogP contribution in [0.1, 0.15) is 16.7 Å². The van der Waals surface area contributed by atoms with Crippen LogP contribution in [-0.2, 0) is 0 Å². The van der Waals surface area contributed by atoms with Crippen LogP contribution in [0.5, 0.6) is 0 Å². The number of aromatic nitrogens is 3. The first-order valence-electron chi connectivity index (χ1n) is 8.29. The lowest BCUT2D eigenvalue weighted by molar-refractivity contribution is 1.27. The average molecular weight is 350 g/mol.